The van der Waals surface area contributed by atoms with E-state index < -0.39 is 11.6 Å². The largest absolute Gasteiger partial charge is 0.350 e. The van der Waals surface area contributed by atoms with Gasteiger partial charge in [-0.05, 0) is 76.0 Å². The summed E-state index contributed by atoms with van der Waals surface area (Å²) in [5, 5.41) is 0. The molecule has 8 fully saturated rings. The predicted octanol–water partition coefficient (Wildman–Crippen LogP) is 5.57. The normalized spacial score (nSPS) is 61.6. The summed E-state index contributed by atoms with van der Waals surface area (Å²) in [6.45, 7) is 14.4. The van der Waals surface area contributed by atoms with E-state index in [1.807, 2.05) is 0 Å². The van der Waals surface area contributed by atoms with Crippen LogP contribution in [0.15, 0.2) is 0 Å². The summed E-state index contributed by atoms with van der Waals surface area (Å²) < 4.78 is 52.5. The first-order chi connectivity index (χ1) is 19.1. The monoisotopic (exact) mass is 562 g/mol. The van der Waals surface area contributed by atoms with Gasteiger partial charge < -0.3 is 37.9 Å². The Balaban J connectivity index is 0.922. The molecule has 0 aromatic rings. The molecule has 0 aromatic heterocycles. The van der Waals surface area contributed by atoms with Crippen molar-refractivity contribution in [3.63, 3.8) is 0 Å². The Bertz CT molecular complexity index is 931. The first-order valence-corrected chi connectivity index (χ1v) is 16.4. The summed E-state index contributed by atoms with van der Waals surface area (Å²) in [5.41, 5.74) is -0.676. The van der Waals surface area contributed by atoms with Crippen LogP contribution in [-0.4, -0.2) is 61.2 Å². The van der Waals surface area contributed by atoms with E-state index in [0.717, 1.165) is 38.5 Å². The van der Waals surface area contributed by atoms with Crippen molar-refractivity contribution in [1.82, 2.24) is 0 Å². The summed E-state index contributed by atoms with van der Waals surface area (Å²) >= 11 is 0. The van der Waals surface area contributed by atoms with Crippen LogP contribution in [0.2, 0.25) is 0 Å². The molecule has 226 valence electrons. The van der Waals surface area contributed by atoms with E-state index in [2.05, 4.69) is 41.5 Å². The molecule has 8 nitrogen and oxygen atoms in total. The van der Waals surface area contributed by atoms with E-state index in [0.29, 0.717) is 48.7 Å². The van der Waals surface area contributed by atoms with Gasteiger partial charge in [0, 0.05) is 36.5 Å². The summed E-state index contributed by atoms with van der Waals surface area (Å²) in [5.74, 6) is 2.34. The molecule has 6 saturated heterocycles. The van der Waals surface area contributed by atoms with Crippen molar-refractivity contribution in [1.29, 1.82) is 0 Å². The SMILES string of the molecule is C[C@H]1C(OCCOC2O[C@@H]3OC4(C)CC[C@H]5[C@H](C)CCC([C@H]2C)[C@@]35O4)O[C@@H]2OC3(C)CC[C@H]4[C@H](C)CCC1[C@@]24O3. The fraction of sp³-hybridized carbons (Fsp3) is 1.00. The van der Waals surface area contributed by atoms with Gasteiger partial charge in [-0.2, -0.15) is 0 Å². The number of rotatable bonds is 5. The van der Waals surface area contributed by atoms with Crippen LogP contribution in [0.25, 0.3) is 0 Å². The van der Waals surface area contributed by atoms with Crippen molar-refractivity contribution in [2.45, 2.75) is 141 Å². The highest BCUT2D eigenvalue weighted by molar-refractivity contribution is 5.14. The first kappa shape index (κ1) is 27.2. The molecule has 8 aliphatic rings. The van der Waals surface area contributed by atoms with Gasteiger partial charge in [0.1, 0.15) is 11.2 Å². The Hall–Kier alpha value is -0.320. The van der Waals surface area contributed by atoms with Crippen molar-refractivity contribution in [3.05, 3.63) is 0 Å². The summed E-state index contributed by atoms with van der Waals surface area (Å²) in [6.07, 6.45) is 7.51. The van der Waals surface area contributed by atoms with Crippen LogP contribution in [0.1, 0.15) is 92.9 Å². The third-order valence-electron chi connectivity index (χ3n) is 12.9. The second kappa shape index (κ2) is 9.10. The highest BCUT2D eigenvalue weighted by atomic mass is 16.9. The van der Waals surface area contributed by atoms with E-state index >= 15 is 0 Å². The second-order valence-electron chi connectivity index (χ2n) is 15.2. The van der Waals surface area contributed by atoms with Crippen LogP contribution in [0.3, 0.4) is 0 Å². The molecule has 6 unspecified atom stereocenters. The standard InChI is InChI=1S/C32H50O8/c1-17-7-9-23-19(3)25(35-27-31(23)21(17)11-13-29(5,37-27)39-31)33-15-16-34-26-20(4)24-10-8-18(2)22-12-14-30(6)38-28(36-26)32(22,24)40-30/h17-28H,7-16H2,1-6H3/t17-,18-,19-,20-,21+,22+,23?,24?,25?,26?,27-,28-,29?,30?,31-,32-/m1/s1. The lowest BCUT2D eigenvalue weighted by molar-refractivity contribution is -0.349. The van der Waals surface area contributed by atoms with Crippen LogP contribution in [0, 0.1) is 47.3 Å². The number of fused-ring (bicyclic) bond motifs is 2. The quantitative estimate of drug-likeness (QED) is 0.403. The van der Waals surface area contributed by atoms with Gasteiger partial charge in [0.2, 0.25) is 0 Å². The number of hydrogen-bond donors (Lipinski definition) is 0. The van der Waals surface area contributed by atoms with E-state index in [1.165, 1.54) is 12.8 Å². The average Bonchev–Trinajstić information content (AvgIpc) is 3.27. The topological polar surface area (TPSA) is 73.8 Å². The number of ether oxygens (including phenoxy) is 8. The third-order valence-corrected chi connectivity index (χ3v) is 12.9. The Morgan fingerprint density at radius 3 is 1.43 bits per heavy atom. The van der Waals surface area contributed by atoms with E-state index in [4.69, 9.17) is 37.9 Å². The summed E-state index contributed by atoms with van der Waals surface area (Å²) in [4.78, 5) is 0. The van der Waals surface area contributed by atoms with Crippen molar-refractivity contribution >= 4 is 0 Å². The Kier molecular flexibility index (Phi) is 6.20. The van der Waals surface area contributed by atoms with Crippen molar-refractivity contribution in [3.8, 4) is 0 Å². The molecule has 8 heteroatoms. The van der Waals surface area contributed by atoms with Gasteiger partial charge in [-0.25, -0.2) is 0 Å². The molecule has 6 heterocycles. The molecule has 0 N–H and O–H groups in total. The minimum atomic E-state index is -0.544. The molecule has 4 bridgehead atoms. The average molecular weight is 563 g/mol. The minimum absolute atomic E-state index is 0.227. The van der Waals surface area contributed by atoms with Gasteiger partial charge in [-0.3, -0.25) is 0 Å². The molecule has 6 aliphatic heterocycles. The molecule has 2 spiro atoms. The lowest BCUT2D eigenvalue weighted by atomic mass is 9.57. The van der Waals surface area contributed by atoms with Gasteiger partial charge >= 0.3 is 0 Å². The zero-order chi connectivity index (χ0) is 27.7. The maximum absolute atomic E-state index is 6.79. The highest BCUT2D eigenvalue weighted by Crippen LogP contribution is 2.65. The van der Waals surface area contributed by atoms with E-state index in [9.17, 15) is 0 Å². The lowest BCUT2D eigenvalue weighted by Crippen LogP contribution is -2.66. The highest BCUT2D eigenvalue weighted by Gasteiger charge is 2.73. The maximum atomic E-state index is 6.79. The molecular weight excluding hydrogens is 512 g/mol. The Morgan fingerprint density at radius 1 is 0.575 bits per heavy atom. The molecule has 8 rings (SSSR count). The lowest BCUT2D eigenvalue weighted by Gasteiger charge is -2.58. The van der Waals surface area contributed by atoms with Gasteiger partial charge in [-0.1, -0.05) is 27.7 Å². The molecular formula is C32H50O8. The fourth-order valence-electron chi connectivity index (χ4n) is 11.0. The Morgan fingerprint density at radius 2 is 1.00 bits per heavy atom. The molecule has 40 heavy (non-hydrogen) atoms. The minimum Gasteiger partial charge on any atom is -0.350 e. The molecule has 0 radical (unpaired) electrons. The van der Waals surface area contributed by atoms with Crippen molar-refractivity contribution < 1.29 is 37.9 Å². The Labute approximate surface area is 239 Å². The van der Waals surface area contributed by atoms with Gasteiger partial charge in [0.05, 0.1) is 13.2 Å². The molecule has 0 aromatic carbocycles. The van der Waals surface area contributed by atoms with Crippen LogP contribution in [-0.2, 0) is 37.9 Å². The molecule has 2 aliphatic carbocycles. The zero-order valence-electron chi connectivity index (χ0n) is 25.3. The second-order valence-corrected chi connectivity index (χ2v) is 15.2. The van der Waals surface area contributed by atoms with E-state index in [1.54, 1.807) is 0 Å². The molecule has 2 saturated carbocycles. The van der Waals surface area contributed by atoms with Crippen LogP contribution < -0.4 is 0 Å². The fourth-order valence-corrected chi connectivity index (χ4v) is 11.0. The van der Waals surface area contributed by atoms with Crippen LogP contribution in [0.4, 0.5) is 0 Å². The van der Waals surface area contributed by atoms with E-state index in [-0.39, 0.29) is 48.2 Å². The number of hydrogen-bond acceptors (Lipinski definition) is 8. The summed E-state index contributed by atoms with van der Waals surface area (Å²) in [6, 6.07) is 0. The van der Waals surface area contributed by atoms with Gasteiger partial charge in [-0.15, -0.1) is 0 Å². The zero-order valence-corrected chi connectivity index (χ0v) is 25.3. The summed E-state index contributed by atoms with van der Waals surface area (Å²) in [7, 11) is 0. The van der Waals surface area contributed by atoms with Crippen molar-refractivity contribution in [2.24, 2.45) is 47.3 Å². The van der Waals surface area contributed by atoms with Crippen LogP contribution >= 0.6 is 0 Å². The first-order valence-electron chi connectivity index (χ1n) is 16.4. The van der Waals surface area contributed by atoms with Gasteiger partial charge in [0.25, 0.3) is 0 Å². The predicted molar refractivity (Wildman–Crippen MR) is 143 cm³/mol. The van der Waals surface area contributed by atoms with Gasteiger partial charge in [0.15, 0.2) is 36.7 Å². The van der Waals surface area contributed by atoms with Crippen LogP contribution in [0.5, 0.6) is 0 Å². The smallest absolute Gasteiger partial charge is 0.193 e. The maximum Gasteiger partial charge on any atom is 0.193 e. The molecule has 16 atom stereocenters. The van der Waals surface area contributed by atoms with Crippen molar-refractivity contribution in [2.75, 3.05) is 13.2 Å². The third kappa shape index (κ3) is 3.60. The molecule has 0 amide bonds.